The Morgan fingerprint density at radius 3 is 2.30 bits per heavy atom. The van der Waals surface area contributed by atoms with E-state index >= 15 is 0 Å². The van der Waals surface area contributed by atoms with Crippen LogP contribution in [0.3, 0.4) is 0 Å². The first kappa shape index (κ1) is 29.3. The molecule has 14 heteroatoms. The lowest BCUT2D eigenvalue weighted by Crippen LogP contribution is -2.59. The Labute approximate surface area is 246 Å². The van der Waals surface area contributed by atoms with Crippen LogP contribution in [0.4, 0.5) is 22.9 Å². The lowest BCUT2D eigenvalue weighted by molar-refractivity contribution is -0.125. The Morgan fingerprint density at radius 2 is 1.65 bits per heavy atom. The summed E-state index contributed by atoms with van der Waals surface area (Å²) >= 11 is 0. The molecular formula is C26H41B7N4O3. The van der Waals surface area contributed by atoms with Gasteiger partial charge in [0.25, 0.3) is 0 Å². The fourth-order valence-corrected chi connectivity index (χ4v) is 6.59. The van der Waals surface area contributed by atoms with Crippen molar-refractivity contribution in [2.75, 3.05) is 41.4 Å². The van der Waals surface area contributed by atoms with Crippen LogP contribution in [0.1, 0.15) is 31.2 Å². The van der Waals surface area contributed by atoms with Crippen molar-refractivity contribution in [1.29, 1.82) is 0 Å². The third-order valence-electron chi connectivity index (χ3n) is 9.68. The lowest BCUT2D eigenvalue weighted by Gasteiger charge is -2.55. The zero-order valence-electron chi connectivity index (χ0n) is 25.5. The summed E-state index contributed by atoms with van der Waals surface area (Å²) in [6, 6.07) is 10.4. The number of hydrogen-bond donors (Lipinski definition) is 1. The highest BCUT2D eigenvalue weighted by atomic mass is 16.5. The largest absolute Gasteiger partial charge is 0.384 e. The second kappa shape index (κ2) is 11.2. The van der Waals surface area contributed by atoms with Gasteiger partial charge in [-0.2, -0.15) is 0 Å². The molecule has 1 saturated carbocycles. The molecule has 204 valence electrons. The van der Waals surface area contributed by atoms with Gasteiger partial charge in [0.1, 0.15) is 13.7 Å². The maximum atomic E-state index is 14.3. The standard InChI is InChI=1S/C26H41B7N4O3/c27-24(25(28,29)30,26(31,32)33)40-19-6-3-16(4-7-19)23(38)37-15-17-2-1-9-34-22(17)35-20-8-5-18(14-21(20)37)36-10-12-39-13-11-36/h1-2,5,8-9,14,16,19H,3-4,6-7,10-13,15,27-33H2,(H,34,35)/t16-,19-. The second-order valence-corrected chi connectivity index (χ2v) is 14.0. The third-order valence-corrected chi connectivity index (χ3v) is 9.68. The number of pyridine rings is 1. The first-order chi connectivity index (χ1) is 18.9. The number of morpholine rings is 1. The minimum Gasteiger partial charge on any atom is -0.384 e. The van der Waals surface area contributed by atoms with E-state index in [4.69, 9.17) is 9.47 Å². The highest BCUT2D eigenvalue weighted by molar-refractivity contribution is 6.69. The predicted octanol–water partition coefficient (Wildman–Crippen LogP) is -2.64. The van der Waals surface area contributed by atoms with Crippen LogP contribution in [-0.2, 0) is 20.8 Å². The van der Waals surface area contributed by atoms with E-state index in [0.29, 0.717) is 6.54 Å². The number of anilines is 4. The molecule has 0 unspecified atom stereocenters. The third kappa shape index (κ3) is 5.76. The van der Waals surface area contributed by atoms with Crippen LogP contribution in [-0.4, -0.2) is 104 Å². The Hall–Kier alpha value is -2.19. The number of nitrogens with one attached hydrogen (secondary N) is 1. The average Bonchev–Trinajstić information content (AvgIpc) is 3.08. The van der Waals surface area contributed by atoms with Gasteiger partial charge in [-0.05, 0) is 49.9 Å². The molecule has 2 aliphatic heterocycles. The SMILES string of the molecule is BC(B)(B)C(B)(O[C@H]1CC[C@H](C(=O)N2Cc3cccnc3Nc3ccc(N4CCOCC4)cc32)CC1)C(B)(B)B. The Kier molecular flexibility index (Phi) is 8.24. The Balaban J connectivity index is 1.37. The highest BCUT2D eigenvalue weighted by Crippen LogP contribution is 2.46. The van der Waals surface area contributed by atoms with Crippen molar-refractivity contribution in [3.8, 4) is 0 Å². The monoisotopic (exact) mass is 534 g/mol. The van der Waals surface area contributed by atoms with E-state index in [9.17, 15) is 4.79 Å². The molecule has 2 fully saturated rings. The van der Waals surface area contributed by atoms with Crippen LogP contribution >= 0.6 is 0 Å². The minimum atomic E-state index is -0.274. The van der Waals surface area contributed by atoms with Gasteiger partial charge < -0.3 is 24.6 Å². The van der Waals surface area contributed by atoms with E-state index in [2.05, 4.69) is 94.4 Å². The van der Waals surface area contributed by atoms with Crippen LogP contribution in [0.5, 0.6) is 0 Å². The summed E-state index contributed by atoms with van der Waals surface area (Å²) in [6.45, 7) is 3.67. The van der Waals surface area contributed by atoms with E-state index in [0.717, 1.165) is 80.4 Å². The van der Waals surface area contributed by atoms with Crippen LogP contribution in [0.15, 0.2) is 36.5 Å². The summed E-state index contributed by atoms with van der Waals surface area (Å²) in [7, 11) is 15.9. The van der Waals surface area contributed by atoms with Gasteiger partial charge in [0.2, 0.25) is 5.91 Å². The molecule has 1 aliphatic carbocycles. The highest BCUT2D eigenvalue weighted by Gasteiger charge is 2.48. The molecule has 3 heterocycles. The number of nitrogens with zero attached hydrogens (tertiary/aromatic N) is 3. The topological polar surface area (TPSA) is 66.9 Å². The second-order valence-electron chi connectivity index (χ2n) is 14.0. The molecule has 1 amide bonds. The fraction of sp³-hybridized carbons (Fsp3) is 0.538. The molecule has 1 aromatic carbocycles. The van der Waals surface area contributed by atoms with E-state index in [1.165, 1.54) is 0 Å². The summed E-state index contributed by atoms with van der Waals surface area (Å²) in [5.74, 6) is 0.999. The van der Waals surface area contributed by atoms with Crippen molar-refractivity contribution in [2.24, 2.45) is 5.92 Å². The molecule has 5 rings (SSSR count). The van der Waals surface area contributed by atoms with Crippen molar-refractivity contribution in [3.05, 3.63) is 42.1 Å². The summed E-state index contributed by atoms with van der Waals surface area (Å²) < 4.78 is 12.5. The Morgan fingerprint density at radius 1 is 0.975 bits per heavy atom. The minimum absolute atomic E-state index is 0.000293. The number of carbonyl (C=O) groups is 1. The maximum absolute atomic E-state index is 14.3. The van der Waals surface area contributed by atoms with Crippen molar-refractivity contribution < 1.29 is 14.3 Å². The van der Waals surface area contributed by atoms with E-state index < -0.39 is 0 Å². The van der Waals surface area contributed by atoms with Crippen molar-refractivity contribution >= 4 is 83.7 Å². The zero-order chi connectivity index (χ0) is 28.7. The van der Waals surface area contributed by atoms with Gasteiger partial charge in [-0.1, -0.05) is 16.3 Å². The van der Waals surface area contributed by atoms with Crippen molar-refractivity contribution in [2.45, 2.75) is 54.1 Å². The van der Waals surface area contributed by atoms with Gasteiger partial charge >= 0.3 is 0 Å². The number of rotatable bonds is 6. The maximum Gasteiger partial charge on any atom is 0.230 e. The molecule has 0 radical (unpaired) electrons. The van der Waals surface area contributed by atoms with Crippen LogP contribution in [0, 0.1) is 5.92 Å². The number of ether oxygens (including phenoxy) is 2. The number of benzene rings is 1. The number of aromatic nitrogens is 1. The van der Waals surface area contributed by atoms with E-state index in [-0.39, 0.29) is 33.7 Å². The number of amides is 1. The van der Waals surface area contributed by atoms with E-state index in [1.54, 1.807) is 6.20 Å². The van der Waals surface area contributed by atoms with Crippen LogP contribution in [0.2, 0.25) is 10.2 Å². The van der Waals surface area contributed by atoms with Crippen LogP contribution < -0.4 is 15.1 Å². The number of fused-ring (bicyclic) bond motifs is 2. The number of carbonyl (C=O) groups excluding carboxylic acids is 1. The summed E-state index contributed by atoms with van der Waals surface area (Å²) in [6.07, 6.45) is 5.47. The van der Waals surface area contributed by atoms with Crippen molar-refractivity contribution in [1.82, 2.24) is 4.98 Å². The van der Waals surface area contributed by atoms with Gasteiger partial charge in [0.15, 0.2) is 0 Å². The van der Waals surface area contributed by atoms with Gasteiger partial charge in [-0.15, -0.1) is 0 Å². The molecule has 1 saturated heterocycles. The van der Waals surface area contributed by atoms with E-state index in [1.807, 2.05) is 11.0 Å². The zero-order valence-corrected chi connectivity index (χ0v) is 25.5. The predicted molar refractivity (Wildman–Crippen MR) is 183 cm³/mol. The van der Waals surface area contributed by atoms with Crippen molar-refractivity contribution in [3.63, 3.8) is 0 Å². The molecule has 0 bridgehead atoms. The molecule has 1 N–H and O–H groups in total. The lowest BCUT2D eigenvalue weighted by atomic mass is 9.19. The first-order valence-electron chi connectivity index (χ1n) is 15.0. The van der Waals surface area contributed by atoms with Gasteiger partial charge in [0, 0.05) is 42.0 Å². The Bertz CT molecular complexity index is 1210. The molecular weight excluding hydrogens is 492 g/mol. The van der Waals surface area contributed by atoms with Gasteiger partial charge in [0.05, 0.1) is 84.3 Å². The molecule has 1 aromatic heterocycles. The van der Waals surface area contributed by atoms with Crippen LogP contribution in [0.25, 0.3) is 0 Å². The molecule has 0 spiro atoms. The summed E-state index contributed by atoms with van der Waals surface area (Å²) in [5.41, 5.74) is 3.73. The average molecular weight is 533 g/mol. The summed E-state index contributed by atoms with van der Waals surface area (Å²) in [5, 5.41) is 3.51. The molecule has 7 nitrogen and oxygen atoms in total. The smallest absolute Gasteiger partial charge is 0.230 e. The molecule has 2 aromatic rings. The quantitative estimate of drug-likeness (QED) is 0.410. The normalized spacial score (nSPS) is 22.0. The molecule has 3 aliphatic rings. The summed E-state index contributed by atoms with van der Waals surface area (Å²) in [4.78, 5) is 23.2. The van der Waals surface area contributed by atoms with Gasteiger partial charge in [-0.25, -0.2) is 4.98 Å². The van der Waals surface area contributed by atoms with Gasteiger partial charge in [-0.3, -0.25) is 4.79 Å². The first-order valence-corrected chi connectivity index (χ1v) is 15.0. The number of hydrogen-bond acceptors (Lipinski definition) is 6. The molecule has 0 atom stereocenters. The fourth-order valence-electron chi connectivity index (χ4n) is 6.59. The molecule has 40 heavy (non-hydrogen) atoms.